The molecule has 140 valence electrons. The van der Waals surface area contributed by atoms with Crippen molar-refractivity contribution >= 4 is 18.3 Å². The van der Waals surface area contributed by atoms with Crippen molar-refractivity contribution in [2.24, 2.45) is 11.7 Å². The standard InChI is InChI=1S/C18H32N2O3.ClH/c1-14-2-4-15(5-3-14)23-16-6-10-20(11-7-16)17(21)18(19)8-12-22-13-9-18;/h14-16H,2-13,19H2,1H3;1H. The molecule has 0 unspecified atom stereocenters. The molecule has 0 atom stereocenters. The van der Waals surface area contributed by atoms with Gasteiger partial charge in [-0.3, -0.25) is 4.79 Å². The molecule has 2 N–H and O–H groups in total. The maximum Gasteiger partial charge on any atom is 0.242 e. The Morgan fingerprint density at radius 3 is 2.17 bits per heavy atom. The van der Waals surface area contributed by atoms with Gasteiger partial charge in [0.15, 0.2) is 0 Å². The van der Waals surface area contributed by atoms with Crippen molar-refractivity contribution in [3.05, 3.63) is 0 Å². The van der Waals surface area contributed by atoms with Crippen molar-refractivity contribution < 1.29 is 14.3 Å². The average Bonchev–Trinajstić information content (AvgIpc) is 2.58. The van der Waals surface area contributed by atoms with Gasteiger partial charge in [0.2, 0.25) is 5.91 Å². The first-order valence-corrected chi connectivity index (χ1v) is 9.38. The Bertz CT molecular complexity index is 399. The van der Waals surface area contributed by atoms with E-state index in [9.17, 15) is 4.79 Å². The zero-order chi connectivity index (χ0) is 16.3. The first kappa shape index (κ1) is 20.0. The van der Waals surface area contributed by atoms with Gasteiger partial charge < -0.3 is 20.1 Å². The second kappa shape index (κ2) is 8.84. The van der Waals surface area contributed by atoms with Crippen LogP contribution in [-0.2, 0) is 14.3 Å². The second-order valence-corrected chi connectivity index (χ2v) is 7.78. The normalized spacial score (nSPS) is 31.3. The van der Waals surface area contributed by atoms with Gasteiger partial charge in [0.1, 0.15) is 0 Å². The predicted octanol–water partition coefficient (Wildman–Crippen LogP) is 2.50. The highest BCUT2D eigenvalue weighted by Gasteiger charge is 2.40. The van der Waals surface area contributed by atoms with E-state index in [1.54, 1.807) is 0 Å². The first-order valence-electron chi connectivity index (χ1n) is 9.38. The van der Waals surface area contributed by atoms with Crippen LogP contribution in [0.3, 0.4) is 0 Å². The number of nitrogens with zero attached hydrogens (tertiary/aromatic N) is 1. The number of amides is 1. The smallest absolute Gasteiger partial charge is 0.242 e. The van der Waals surface area contributed by atoms with Gasteiger partial charge in [-0.05, 0) is 57.3 Å². The number of carbonyl (C=O) groups is 1. The average molecular weight is 361 g/mol. The third-order valence-electron chi connectivity index (χ3n) is 5.89. The minimum Gasteiger partial charge on any atom is -0.381 e. The van der Waals surface area contributed by atoms with Crippen LogP contribution >= 0.6 is 12.4 Å². The number of halogens is 1. The monoisotopic (exact) mass is 360 g/mol. The number of piperidine rings is 1. The van der Waals surface area contributed by atoms with Crippen molar-refractivity contribution in [3.8, 4) is 0 Å². The van der Waals surface area contributed by atoms with Gasteiger partial charge in [-0.2, -0.15) is 0 Å². The maximum atomic E-state index is 12.7. The molecule has 5 nitrogen and oxygen atoms in total. The molecular formula is C18H33ClN2O3. The lowest BCUT2D eigenvalue weighted by Crippen LogP contribution is -2.59. The van der Waals surface area contributed by atoms with Crippen molar-refractivity contribution in [3.63, 3.8) is 0 Å². The molecule has 0 aromatic carbocycles. The van der Waals surface area contributed by atoms with E-state index >= 15 is 0 Å². The number of hydrogen-bond acceptors (Lipinski definition) is 4. The zero-order valence-electron chi connectivity index (χ0n) is 14.9. The van der Waals surface area contributed by atoms with Crippen LogP contribution in [0.4, 0.5) is 0 Å². The zero-order valence-corrected chi connectivity index (χ0v) is 15.7. The lowest BCUT2D eigenvalue weighted by molar-refractivity contribution is -0.144. The fourth-order valence-corrected chi connectivity index (χ4v) is 4.10. The van der Waals surface area contributed by atoms with Crippen molar-refractivity contribution in [1.29, 1.82) is 0 Å². The predicted molar refractivity (Wildman–Crippen MR) is 96.3 cm³/mol. The highest BCUT2D eigenvalue weighted by Crippen LogP contribution is 2.29. The molecule has 1 saturated carbocycles. The van der Waals surface area contributed by atoms with E-state index in [0.29, 0.717) is 38.3 Å². The maximum absolute atomic E-state index is 12.7. The minimum absolute atomic E-state index is 0. The number of hydrogen-bond donors (Lipinski definition) is 1. The minimum atomic E-state index is -0.703. The van der Waals surface area contributed by atoms with Crippen LogP contribution in [0.1, 0.15) is 58.3 Å². The van der Waals surface area contributed by atoms with E-state index in [1.807, 2.05) is 4.90 Å². The highest BCUT2D eigenvalue weighted by molar-refractivity contribution is 5.86. The molecule has 0 bridgehead atoms. The number of rotatable bonds is 3. The Morgan fingerprint density at radius 1 is 1.04 bits per heavy atom. The summed E-state index contributed by atoms with van der Waals surface area (Å²) in [5.41, 5.74) is 5.63. The summed E-state index contributed by atoms with van der Waals surface area (Å²) in [6.45, 7) is 5.10. The Kier molecular flexibility index (Phi) is 7.35. The van der Waals surface area contributed by atoms with Gasteiger partial charge in [0, 0.05) is 26.3 Å². The molecule has 3 fully saturated rings. The van der Waals surface area contributed by atoms with Crippen LogP contribution in [0.5, 0.6) is 0 Å². The number of carbonyl (C=O) groups excluding carboxylic acids is 1. The van der Waals surface area contributed by atoms with Gasteiger partial charge in [-0.1, -0.05) is 6.92 Å². The third kappa shape index (κ3) is 4.84. The molecule has 3 rings (SSSR count). The van der Waals surface area contributed by atoms with Gasteiger partial charge in [0.05, 0.1) is 17.7 Å². The van der Waals surface area contributed by atoms with Crippen molar-refractivity contribution in [2.45, 2.75) is 76.0 Å². The molecule has 24 heavy (non-hydrogen) atoms. The van der Waals surface area contributed by atoms with Crippen LogP contribution in [0.2, 0.25) is 0 Å². The fourth-order valence-electron chi connectivity index (χ4n) is 4.10. The van der Waals surface area contributed by atoms with E-state index in [1.165, 1.54) is 25.7 Å². The first-order chi connectivity index (χ1) is 11.1. The van der Waals surface area contributed by atoms with Crippen LogP contribution < -0.4 is 5.73 Å². The lowest BCUT2D eigenvalue weighted by Gasteiger charge is -2.40. The summed E-state index contributed by atoms with van der Waals surface area (Å²) < 4.78 is 11.6. The molecule has 2 saturated heterocycles. The van der Waals surface area contributed by atoms with E-state index in [4.69, 9.17) is 15.2 Å². The van der Waals surface area contributed by atoms with E-state index in [0.717, 1.165) is 31.8 Å². The summed E-state index contributed by atoms with van der Waals surface area (Å²) in [7, 11) is 0. The van der Waals surface area contributed by atoms with Crippen LogP contribution in [0.15, 0.2) is 0 Å². The summed E-state index contributed by atoms with van der Waals surface area (Å²) >= 11 is 0. The molecule has 2 heterocycles. The topological polar surface area (TPSA) is 64.8 Å². The van der Waals surface area contributed by atoms with E-state index in [2.05, 4.69) is 6.92 Å². The van der Waals surface area contributed by atoms with Crippen molar-refractivity contribution in [1.82, 2.24) is 4.90 Å². The van der Waals surface area contributed by atoms with Gasteiger partial charge >= 0.3 is 0 Å². The molecule has 3 aliphatic rings. The number of likely N-dealkylation sites (tertiary alicyclic amines) is 1. The third-order valence-corrected chi connectivity index (χ3v) is 5.89. The Hall–Kier alpha value is -0.360. The van der Waals surface area contributed by atoms with Crippen LogP contribution in [0.25, 0.3) is 0 Å². The van der Waals surface area contributed by atoms with Crippen molar-refractivity contribution in [2.75, 3.05) is 26.3 Å². The van der Waals surface area contributed by atoms with Gasteiger partial charge in [-0.15, -0.1) is 12.4 Å². The molecule has 0 aromatic heterocycles. The quantitative estimate of drug-likeness (QED) is 0.839. The summed E-state index contributed by atoms with van der Waals surface area (Å²) in [5.74, 6) is 0.972. The Labute approximate surface area is 152 Å². The number of ether oxygens (including phenoxy) is 2. The molecule has 1 aliphatic carbocycles. The van der Waals surface area contributed by atoms with Crippen LogP contribution in [-0.4, -0.2) is 54.9 Å². The molecule has 0 aromatic rings. The summed E-state index contributed by atoms with van der Waals surface area (Å²) in [6.07, 6.45) is 8.92. The van der Waals surface area contributed by atoms with Crippen LogP contribution in [0, 0.1) is 5.92 Å². The molecular weight excluding hydrogens is 328 g/mol. The molecule has 1 amide bonds. The van der Waals surface area contributed by atoms with E-state index < -0.39 is 5.54 Å². The molecule has 6 heteroatoms. The molecule has 2 aliphatic heterocycles. The Morgan fingerprint density at radius 2 is 1.58 bits per heavy atom. The second-order valence-electron chi connectivity index (χ2n) is 7.78. The molecule has 0 spiro atoms. The molecule has 0 radical (unpaired) electrons. The SMILES string of the molecule is CC1CCC(OC2CCN(C(=O)C3(N)CCOCC3)CC2)CC1.Cl. The fraction of sp³-hybridized carbons (Fsp3) is 0.944. The van der Waals surface area contributed by atoms with E-state index in [-0.39, 0.29) is 18.3 Å². The lowest BCUT2D eigenvalue weighted by atomic mass is 9.88. The number of nitrogens with two attached hydrogens (primary N) is 1. The van der Waals surface area contributed by atoms with Gasteiger partial charge in [0.25, 0.3) is 0 Å². The van der Waals surface area contributed by atoms with Gasteiger partial charge in [-0.25, -0.2) is 0 Å². The highest BCUT2D eigenvalue weighted by atomic mass is 35.5. The summed E-state index contributed by atoms with van der Waals surface area (Å²) in [6, 6.07) is 0. The summed E-state index contributed by atoms with van der Waals surface area (Å²) in [4.78, 5) is 14.7. The Balaban J connectivity index is 0.00000208. The summed E-state index contributed by atoms with van der Waals surface area (Å²) in [5, 5.41) is 0. The largest absolute Gasteiger partial charge is 0.381 e.